The molecule has 1 aromatic rings. The minimum absolute atomic E-state index is 0.0918. The Morgan fingerprint density at radius 1 is 1.06 bits per heavy atom. The van der Waals surface area contributed by atoms with E-state index >= 15 is 0 Å². The Morgan fingerprint density at radius 2 is 1.74 bits per heavy atom. The Morgan fingerprint density at radius 3 is 2.35 bits per heavy atom. The molecule has 5 atom stereocenters. The van der Waals surface area contributed by atoms with Gasteiger partial charge in [0.15, 0.2) is 5.11 Å². The van der Waals surface area contributed by atoms with Crippen molar-refractivity contribution in [3.63, 3.8) is 0 Å². The summed E-state index contributed by atoms with van der Waals surface area (Å²) < 4.78 is 0. The maximum Gasteiger partial charge on any atom is 0.253 e. The Balaban J connectivity index is 1.20. The van der Waals surface area contributed by atoms with Crippen LogP contribution in [-0.4, -0.2) is 45.7 Å². The molecule has 4 bridgehead atoms. The molecule has 184 valence electrons. The third kappa shape index (κ3) is 4.54. The van der Waals surface area contributed by atoms with Crippen LogP contribution in [0.15, 0.2) is 24.3 Å². The number of hydroxylamine groups is 1. The van der Waals surface area contributed by atoms with E-state index in [1.807, 2.05) is 12.1 Å². The number of amides is 2. The number of thiocarbonyl (C=S) groups is 1. The van der Waals surface area contributed by atoms with Crippen molar-refractivity contribution in [1.29, 1.82) is 0 Å². The van der Waals surface area contributed by atoms with Gasteiger partial charge in [-0.25, -0.2) is 5.48 Å². The van der Waals surface area contributed by atoms with Crippen LogP contribution < -0.4 is 16.1 Å². The van der Waals surface area contributed by atoms with Crippen LogP contribution >= 0.6 is 12.2 Å². The van der Waals surface area contributed by atoms with E-state index in [2.05, 4.69) is 24.5 Å². The molecule has 0 spiro atoms. The molecule has 6 rings (SSSR count). The lowest BCUT2D eigenvalue weighted by molar-refractivity contribution is -0.134. The summed E-state index contributed by atoms with van der Waals surface area (Å²) in [5, 5.41) is 16.6. The van der Waals surface area contributed by atoms with E-state index in [1.54, 1.807) is 22.5 Å². The number of nitrogens with zero attached hydrogens (tertiary/aromatic N) is 1. The zero-order chi connectivity index (χ0) is 24.1. The monoisotopic (exact) mass is 484 g/mol. The molecule has 2 amide bonds. The predicted molar refractivity (Wildman–Crippen MR) is 134 cm³/mol. The van der Waals surface area contributed by atoms with Gasteiger partial charge in [0.25, 0.3) is 5.91 Å². The van der Waals surface area contributed by atoms with Crippen LogP contribution in [0.3, 0.4) is 0 Å². The Labute approximate surface area is 207 Å². The van der Waals surface area contributed by atoms with Gasteiger partial charge in [0.2, 0.25) is 5.91 Å². The van der Waals surface area contributed by atoms with E-state index < -0.39 is 5.91 Å². The first-order valence-corrected chi connectivity index (χ1v) is 12.9. The number of piperidine rings is 1. The van der Waals surface area contributed by atoms with Crippen molar-refractivity contribution < 1.29 is 14.8 Å². The minimum Gasteiger partial charge on any atom is -0.357 e. The number of carbonyl (C=O) groups excluding carboxylic acids is 2. The van der Waals surface area contributed by atoms with Gasteiger partial charge in [-0.05, 0) is 105 Å². The molecule has 4 N–H and O–H groups in total. The molecule has 1 aromatic carbocycles. The third-order valence-corrected chi connectivity index (χ3v) is 8.79. The van der Waals surface area contributed by atoms with Crippen molar-refractivity contribution in [2.75, 3.05) is 18.4 Å². The highest BCUT2D eigenvalue weighted by Crippen LogP contribution is 2.66. The average Bonchev–Trinajstić information content (AvgIpc) is 2.75. The number of hydrogen-bond donors (Lipinski definition) is 4. The molecule has 1 aliphatic heterocycles. The van der Waals surface area contributed by atoms with Crippen LogP contribution in [-0.2, 0) is 4.79 Å². The van der Waals surface area contributed by atoms with Crippen LogP contribution in [0.5, 0.6) is 0 Å². The molecule has 34 heavy (non-hydrogen) atoms. The molecule has 4 aliphatic carbocycles. The average molecular weight is 485 g/mol. The van der Waals surface area contributed by atoms with Gasteiger partial charge >= 0.3 is 0 Å². The fourth-order valence-electron chi connectivity index (χ4n) is 8.34. The van der Waals surface area contributed by atoms with Crippen molar-refractivity contribution in [3.05, 3.63) is 29.8 Å². The van der Waals surface area contributed by atoms with Crippen LogP contribution in [0.2, 0.25) is 0 Å². The normalized spacial score (nSPS) is 36.1. The van der Waals surface area contributed by atoms with Gasteiger partial charge in [-0.15, -0.1) is 0 Å². The molecule has 5 aliphatic rings. The largest absolute Gasteiger partial charge is 0.357 e. The minimum atomic E-state index is -0.430. The van der Waals surface area contributed by atoms with Gasteiger partial charge in [0, 0.05) is 29.9 Å². The molecule has 0 aromatic heterocycles. The number of rotatable bonds is 4. The van der Waals surface area contributed by atoms with E-state index in [-0.39, 0.29) is 17.4 Å². The van der Waals surface area contributed by atoms with Crippen molar-refractivity contribution in [3.8, 4) is 0 Å². The summed E-state index contributed by atoms with van der Waals surface area (Å²) in [4.78, 5) is 26.4. The van der Waals surface area contributed by atoms with E-state index in [0.717, 1.165) is 18.0 Å². The number of likely N-dealkylation sites (tertiary alicyclic amines) is 1. The summed E-state index contributed by atoms with van der Waals surface area (Å²) in [5.74, 6) is -0.108. The molecule has 0 radical (unpaired) electrons. The Hall–Kier alpha value is -2.19. The molecule has 4 saturated carbocycles. The standard InChI is InChI=1S/C26H36N4O3S/c1-24-10-17-11-25(2,14-24)16-26(12-17,15-24)28-23(34)27-20-7-5-18(6-8-20)22(32)30-9-3-4-19(13-30)21(31)29-33/h5-8,17,19,33H,3-4,9-16H2,1-2H3,(H,29,31)(H2,27,28,34)/t17?,19-,24-,25+,26?/m0/s1. The molecule has 8 heteroatoms. The lowest BCUT2D eigenvalue weighted by Gasteiger charge is -2.65. The molecule has 7 nitrogen and oxygen atoms in total. The molecule has 2 unspecified atom stereocenters. The van der Waals surface area contributed by atoms with E-state index in [4.69, 9.17) is 17.4 Å². The lowest BCUT2D eigenvalue weighted by atomic mass is 9.43. The van der Waals surface area contributed by atoms with Crippen LogP contribution in [0.25, 0.3) is 0 Å². The molecular weight excluding hydrogens is 448 g/mol. The summed E-state index contributed by atoms with van der Waals surface area (Å²) in [6.07, 6.45) is 9.03. The second kappa shape index (κ2) is 8.48. The number of benzene rings is 1. The van der Waals surface area contributed by atoms with Gasteiger partial charge in [-0.2, -0.15) is 0 Å². The number of anilines is 1. The van der Waals surface area contributed by atoms with Crippen molar-refractivity contribution >= 4 is 34.8 Å². The quantitative estimate of drug-likeness (QED) is 0.292. The molecule has 1 saturated heterocycles. The summed E-state index contributed by atoms with van der Waals surface area (Å²) in [6, 6.07) is 7.36. The van der Waals surface area contributed by atoms with Crippen molar-refractivity contribution in [2.45, 2.75) is 70.8 Å². The van der Waals surface area contributed by atoms with Gasteiger partial charge in [-0.3, -0.25) is 14.8 Å². The second-order valence-electron chi connectivity index (χ2n) is 12.1. The highest BCUT2D eigenvalue weighted by molar-refractivity contribution is 7.80. The molecule has 1 heterocycles. The first kappa shape index (κ1) is 23.5. The molecular formula is C26H36N4O3S. The van der Waals surface area contributed by atoms with Crippen LogP contribution in [0.4, 0.5) is 5.69 Å². The zero-order valence-electron chi connectivity index (χ0n) is 20.2. The van der Waals surface area contributed by atoms with Gasteiger partial charge in [-0.1, -0.05) is 13.8 Å². The highest BCUT2D eigenvalue weighted by atomic mass is 32.1. The van der Waals surface area contributed by atoms with Crippen molar-refractivity contribution in [2.24, 2.45) is 22.7 Å². The predicted octanol–water partition coefficient (Wildman–Crippen LogP) is 4.08. The Kier molecular flexibility index (Phi) is 5.88. The van der Waals surface area contributed by atoms with Gasteiger partial charge in [0.05, 0.1) is 5.92 Å². The smallest absolute Gasteiger partial charge is 0.253 e. The van der Waals surface area contributed by atoms with E-state index in [1.165, 1.54) is 38.5 Å². The second-order valence-corrected chi connectivity index (χ2v) is 12.5. The number of hydrogen-bond acceptors (Lipinski definition) is 4. The number of nitrogens with one attached hydrogen (secondary N) is 3. The maximum atomic E-state index is 12.9. The van der Waals surface area contributed by atoms with E-state index in [0.29, 0.717) is 41.0 Å². The number of carbonyl (C=O) groups is 2. The van der Waals surface area contributed by atoms with Crippen LogP contribution in [0, 0.1) is 22.7 Å². The third-order valence-electron chi connectivity index (χ3n) is 8.58. The lowest BCUT2D eigenvalue weighted by Crippen LogP contribution is -2.65. The SMILES string of the molecule is C[C@]12CC3CC(NC(=S)Nc4ccc(C(=O)N5CCC[C@H](C(=O)NO)C5)cc4)(C1)C[C@@](C)(C3)C2. The topological polar surface area (TPSA) is 93.7 Å². The van der Waals surface area contributed by atoms with Gasteiger partial charge < -0.3 is 15.5 Å². The van der Waals surface area contributed by atoms with E-state index in [9.17, 15) is 9.59 Å². The fourth-order valence-corrected chi connectivity index (χ4v) is 8.67. The summed E-state index contributed by atoms with van der Waals surface area (Å²) in [5.41, 5.74) is 4.07. The zero-order valence-corrected chi connectivity index (χ0v) is 21.0. The van der Waals surface area contributed by atoms with Crippen molar-refractivity contribution in [1.82, 2.24) is 15.7 Å². The first-order chi connectivity index (χ1) is 16.1. The molecule has 5 fully saturated rings. The maximum absolute atomic E-state index is 12.9. The Bertz CT molecular complexity index is 978. The highest BCUT2D eigenvalue weighted by Gasteiger charge is 2.60. The summed E-state index contributed by atoms with van der Waals surface area (Å²) >= 11 is 5.72. The summed E-state index contributed by atoms with van der Waals surface area (Å²) in [6.45, 7) is 5.85. The summed E-state index contributed by atoms with van der Waals surface area (Å²) in [7, 11) is 0. The fraction of sp³-hybridized carbons (Fsp3) is 0.654. The first-order valence-electron chi connectivity index (χ1n) is 12.5. The van der Waals surface area contributed by atoms with Crippen LogP contribution in [0.1, 0.15) is 75.6 Å². The van der Waals surface area contributed by atoms with Gasteiger partial charge in [0.1, 0.15) is 0 Å².